The molecule has 0 radical (unpaired) electrons. The molecule has 1 spiro atoms. The molecule has 9 atom stereocenters. The van der Waals surface area contributed by atoms with Gasteiger partial charge in [0.05, 0.1) is 27.0 Å². The Labute approximate surface area is 267 Å². The lowest BCUT2D eigenvalue weighted by Gasteiger charge is -2.67. The fraction of sp³-hybridized carbons (Fsp3) is 0.711. The van der Waals surface area contributed by atoms with Crippen LogP contribution in [0.3, 0.4) is 0 Å². The zero-order chi connectivity index (χ0) is 31.3. The Morgan fingerprint density at radius 2 is 2.00 bits per heavy atom. The van der Waals surface area contributed by atoms with Crippen molar-refractivity contribution in [1.82, 2.24) is 0 Å². The van der Waals surface area contributed by atoms with Crippen LogP contribution in [0.25, 0.3) is 0 Å². The molecule has 5 nitrogen and oxygen atoms in total. The zero-order valence-electron chi connectivity index (χ0n) is 27.9. The van der Waals surface area contributed by atoms with E-state index in [4.69, 9.17) is 14.2 Å². The number of rotatable bonds is 12. The Morgan fingerprint density at radius 1 is 1.20 bits per heavy atom. The summed E-state index contributed by atoms with van der Waals surface area (Å²) in [5, 5.41) is 13.5. The van der Waals surface area contributed by atoms with Crippen molar-refractivity contribution in [2.75, 3.05) is 13.7 Å². The van der Waals surface area contributed by atoms with Crippen LogP contribution in [0.2, 0.25) is 18.6 Å². The van der Waals surface area contributed by atoms with Crippen LogP contribution in [0.4, 0.5) is 0 Å². The maximum Gasteiger partial charge on any atom is 0.305 e. The number of hydrogen-bond donors (Lipinski definition) is 1. The number of carbonyl (C=O) groups is 1. The number of benzene rings is 1. The van der Waals surface area contributed by atoms with Crippen molar-refractivity contribution in [2.24, 2.45) is 35.0 Å². The third-order valence-electron chi connectivity index (χ3n) is 11.9. The minimum Gasteiger partial charge on any atom is -0.512 e. The molecule has 5 fully saturated rings. The summed E-state index contributed by atoms with van der Waals surface area (Å²) in [4.78, 5) is 12.1. The van der Waals surface area contributed by atoms with Crippen LogP contribution in [0.5, 0.6) is 0 Å². The van der Waals surface area contributed by atoms with E-state index in [1.807, 2.05) is 0 Å². The van der Waals surface area contributed by atoms with Gasteiger partial charge in [0.25, 0.3) is 0 Å². The van der Waals surface area contributed by atoms with E-state index in [2.05, 4.69) is 75.2 Å². The Bertz CT molecular complexity index is 1190. The lowest BCUT2D eigenvalue weighted by molar-refractivity contribution is -0.196. The molecule has 44 heavy (non-hydrogen) atoms. The van der Waals surface area contributed by atoms with Crippen LogP contribution in [-0.4, -0.2) is 45.3 Å². The standard InChI is InChI=1S/C38H56O5Si/c1-6-7-9-15-27(2)21-22-32(39)37-31-24-34(44(4,5)28-16-10-8-11-17-28)29-25-38(31,30(29)18-14-19-35(40)41-3)26-33(37)43-36-20-12-13-23-42-36/h8,10-11,16-17,22,27,29-31,33-34,36-37,39H,6,12-15,18-21,23-26H2,1-5H3/b32-22+/t27?,29-,30+,31?,33?,34?,36?,37?,38+/m0/s1. The average Bonchev–Trinajstić information content (AvgIpc) is 3.38. The highest BCUT2D eigenvalue weighted by Crippen LogP contribution is 2.76. The van der Waals surface area contributed by atoms with Crippen molar-refractivity contribution in [1.29, 1.82) is 0 Å². The van der Waals surface area contributed by atoms with E-state index in [1.54, 1.807) is 0 Å². The summed E-state index contributed by atoms with van der Waals surface area (Å²) in [5.74, 6) is 8.87. The van der Waals surface area contributed by atoms with Crippen LogP contribution in [-0.2, 0) is 19.0 Å². The first-order valence-electron chi connectivity index (χ1n) is 17.4. The number of esters is 1. The molecule has 0 amide bonds. The molecule has 5 aliphatic rings. The van der Waals surface area contributed by atoms with Crippen molar-refractivity contribution in [3.8, 4) is 11.8 Å². The van der Waals surface area contributed by atoms with E-state index in [-0.39, 0.29) is 29.7 Å². The van der Waals surface area contributed by atoms with Crippen molar-refractivity contribution in [3.05, 3.63) is 42.2 Å². The molecular formula is C38H56O5Si. The van der Waals surface area contributed by atoms with E-state index in [0.717, 1.165) is 70.8 Å². The monoisotopic (exact) mass is 620 g/mol. The summed E-state index contributed by atoms with van der Waals surface area (Å²) in [6.07, 6.45) is 13.3. The fourth-order valence-corrected chi connectivity index (χ4v) is 13.4. The van der Waals surface area contributed by atoms with Gasteiger partial charge < -0.3 is 19.3 Å². The minimum atomic E-state index is -1.83. The van der Waals surface area contributed by atoms with Gasteiger partial charge in [-0.05, 0) is 98.5 Å². The van der Waals surface area contributed by atoms with E-state index >= 15 is 0 Å². The van der Waals surface area contributed by atoms with E-state index in [1.165, 1.54) is 18.7 Å². The molecule has 4 saturated carbocycles. The second kappa shape index (κ2) is 14.6. The smallest absolute Gasteiger partial charge is 0.305 e. The quantitative estimate of drug-likeness (QED) is 0.111. The number of aliphatic hydroxyl groups excluding tert-OH is 1. The molecule has 1 aliphatic heterocycles. The highest BCUT2D eigenvalue weighted by Gasteiger charge is 2.71. The van der Waals surface area contributed by atoms with Crippen molar-refractivity contribution in [3.63, 3.8) is 0 Å². The van der Waals surface area contributed by atoms with Crippen LogP contribution >= 0.6 is 0 Å². The molecule has 1 aromatic rings. The lowest BCUT2D eigenvalue weighted by Crippen LogP contribution is -2.63. The lowest BCUT2D eigenvalue weighted by atomic mass is 9.42. The Balaban J connectivity index is 1.46. The maximum absolute atomic E-state index is 12.1. The summed E-state index contributed by atoms with van der Waals surface area (Å²) in [6, 6.07) is 11.2. The van der Waals surface area contributed by atoms with Gasteiger partial charge in [-0.25, -0.2) is 0 Å². The average molecular weight is 621 g/mol. The molecule has 6 rings (SSSR count). The van der Waals surface area contributed by atoms with E-state index in [9.17, 15) is 9.90 Å². The third-order valence-corrected chi connectivity index (χ3v) is 16.2. The summed E-state index contributed by atoms with van der Waals surface area (Å²) in [7, 11) is -0.346. The van der Waals surface area contributed by atoms with E-state index in [0.29, 0.717) is 41.4 Å². The summed E-state index contributed by atoms with van der Waals surface area (Å²) < 4.78 is 18.0. The molecule has 1 saturated heterocycles. The molecule has 1 N–H and O–H groups in total. The minimum absolute atomic E-state index is 0.0121. The van der Waals surface area contributed by atoms with Gasteiger partial charge in [-0.1, -0.05) is 62.5 Å². The number of ether oxygens (including phenoxy) is 3. The summed E-state index contributed by atoms with van der Waals surface area (Å²) in [6.45, 7) is 10.2. The van der Waals surface area contributed by atoms with Crippen LogP contribution < -0.4 is 5.19 Å². The number of aliphatic hydroxyl groups is 1. The highest BCUT2D eigenvalue weighted by molar-refractivity contribution is 6.91. The number of hydrogen-bond acceptors (Lipinski definition) is 5. The van der Waals surface area contributed by atoms with Gasteiger partial charge in [-0.3, -0.25) is 4.79 Å². The molecule has 1 heterocycles. The number of fused-ring (bicyclic) bond motifs is 1. The second-order valence-electron chi connectivity index (χ2n) is 14.8. The van der Waals surface area contributed by atoms with Crippen LogP contribution in [0.1, 0.15) is 90.9 Å². The largest absolute Gasteiger partial charge is 0.512 e. The van der Waals surface area contributed by atoms with Gasteiger partial charge in [0, 0.05) is 31.8 Å². The number of carbonyl (C=O) groups excluding carboxylic acids is 1. The highest BCUT2D eigenvalue weighted by atomic mass is 28.3. The number of methoxy groups -OCH3 is 1. The first-order valence-corrected chi connectivity index (χ1v) is 20.5. The second-order valence-corrected chi connectivity index (χ2v) is 19.6. The Hall–Kier alpha value is -2.07. The Morgan fingerprint density at radius 3 is 2.70 bits per heavy atom. The van der Waals surface area contributed by atoms with Gasteiger partial charge >= 0.3 is 5.97 Å². The fourth-order valence-electron chi connectivity index (χ4n) is 9.62. The van der Waals surface area contributed by atoms with Gasteiger partial charge in [-0.15, -0.1) is 11.8 Å². The van der Waals surface area contributed by atoms with Crippen molar-refractivity contribution in [2.45, 2.75) is 122 Å². The topological polar surface area (TPSA) is 65.0 Å². The van der Waals surface area contributed by atoms with Crippen molar-refractivity contribution < 1.29 is 24.1 Å². The SMILES string of the molecule is CCC#CCC(C)C/C=C(/O)C1C(OC2CCCCO2)C[C@@]23C[C@H](C([Si](C)(C)c4ccccc4)CC12)[C@H]3CCCC(=O)OC. The third kappa shape index (κ3) is 6.86. The summed E-state index contributed by atoms with van der Waals surface area (Å²) in [5.41, 5.74) is 0.783. The predicted molar refractivity (Wildman–Crippen MR) is 179 cm³/mol. The molecular weight excluding hydrogens is 564 g/mol. The molecule has 2 bridgehead atoms. The first-order chi connectivity index (χ1) is 21.2. The van der Waals surface area contributed by atoms with E-state index < -0.39 is 8.07 Å². The molecule has 242 valence electrons. The van der Waals surface area contributed by atoms with Crippen LogP contribution in [0.15, 0.2) is 42.2 Å². The molecule has 1 aromatic carbocycles. The normalized spacial score (nSPS) is 33.8. The van der Waals surface area contributed by atoms with Gasteiger partial charge in [0.15, 0.2) is 6.29 Å². The van der Waals surface area contributed by atoms with Crippen molar-refractivity contribution >= 4 is 19.2 Å². The maximum atomic E-state index is 12.1. The van der Waals surface area contributed by atoms with Crippen LogP contribution in [0, 0.1) is 46.8 Å². The molecule has 4 aliphatic carbocycles. The molecule has 0 aromatic heterocycles. The number of allylic oxidation sites excluding steroid dienone is 1. The van der Waals surface area contributed by atoms with Gasteiger partial charge in [0.2, 0.25) is 0 Å². The van der Waals surface area contributed by atoms with Gasteiger partial charge in [-0.2, -0.15) is 0 Å². The predicted octanol–water partition coefficient (Wildman–Crippen LogP) is 8.16. The molecule has 6 unspecified atom stereocenters. The Kier molecular flexibility index (Phi) is 11.0. The first kappa shape index (κ1) is 33.3. The summed E-state index contributed by atoms with van der Waals surface area (Å²) >= 11 is 0. The molecule has 6 heteroatoms. The zero-order valence-corrected chi connectivity index (χ0v) is 28.9. The van der Waals surface area contributed by atoms with Gasteiger partial charge in [0.1, 0.15) is 0 Å².